The lowest BCUT2D eigenvalue weighted by atomic mass is 10.1. The Morgan fingerprint density at radius 2 is 1.62 bits per heavy atom. The topological polar surface area (TPSA) is 61.9 Å². The summed E-state index contributed by atoms with van der Waals surface area (Å²) in [5.41, 5.74) is 0. The normalized spacial score (nSPS) is 29.3. The van der Waals surface area contributed by atoms with Crippen LogP contribution in [0.2, 0.25) is 0 Å². The second kappa shape index (κ2) is 7.42. The molecule has 1 N–H and O–H groups in total. The monoisotopic (exact) mass is 317 g/mol. The van der Waals surface area contributed by atoms with Gasteiger partial charge in [0, 0.05) is 32.8 Å². The van der Waals surface area contributed by atoms with Gasteiger partial charge in [-0.25, -0.2) is 0 Å². The van der Waals surface area contributed by atoms with E-state index in [-0.39, 0.29) is 36.4 Å². The number of halogens is 1. The van der Waals surface area contributed by atoms with E-state index in [0.29, 0.717) is 32.8 Å². The van der Waals surface area contributed by atoms with Gasteiger partial charge in [0.05, 0.1) is 6.04 Å². The Bertz CT molecular complexity index is 338. The molecule has 0 aromatic rings. The van der Waals surface area contributed by atoms with Crippen LogP contribution in [0.4, 0.5) is 0 Å². The van der Waals surface area contributed by atoms with E-state index in [1.165, 1.54) is 0 Å². The molecule has 3 heterocycles. The molecule has 3 fully saturated rings. The summed E-state index contributed by atoms with van der Waals surface area (Å²) < 4.78 is 5.44. The van der Waals surface area contributed by atoms with Crippen LogP contribution in [0.25, 0.3) is 0 Å². The second-order valence-corrected chi connectivity index (χ2v) is 5.80. The molecule has 120 valence electrons. The summed E-state index contributed by atoms with van der Waals surface area (Å²) in [5, 5.41) is 3.24. The molecule has 3 saturated heterocycles. The molecule has 6 nitrogen and oxygen atoms in total. The van der Waals surface area contributed by atoms with E-state index >= 15 is 0 Å². The van der Waals surface area contributed by atoms with Crippen molar-refractivity contribution in [1.82, 2.24) is 15.1 Å². The highest BCUT2D eigenvalue weighted by molar-refractivity contribution is 5.85. The lowest BCUT2D eigenvalue weighted by Gasteiger charge is -2.36. The molecule has 0 radical (unpaired) electrons. The summed E-state index contributed by atoms with van der Waals surface area (Å²) in [5.74, 6) is 0.306. The van der Waals surface area contributed by atoms with Crippen LogP contribution in [0.3, 0.4) is 0 Å². The number of ether oxygens (including phenoxy) is 1. The molecule has 7 heteroatoms. The van der Waals surface area contributed by atoms with Crippen molar-refractivity contribution in [2.75, 3.05) is 39.3 Å². The zero-order valence-electron chi connectivity index (χ0n) is 12.3. The molecule has 0 spiro atoms. The molecule has 0 bridgehead atoms. The summed E-state index contributed by atoms with van der Waals surface area (Å²) in [6.07, 6.45) is 3.59. The van der Waals surface area contributed by atoms with Gasteiger partial charge in [-0.3, -0.25) is 9.59 Å². The Balaban J connectivity index is 0.00000161. The van der Waals surface area contributed by atoms with E-state index < -0.39 is 0 Å². The maximum absolute atomic E-state index is 12.3. The predicted molar refractivity (Wildman–Crippen MR) is 80.4 cm³/mol. The fourth-order valence-electron chi connectivity index (χ4n) is 3.24. The molecule has 0 aliphatic carbocycles. The summed E-state index contributed by atoms with van der Waals surface area (Å²) in [6.45, 7) is 4.20. The third-order valence-electron chi connectivity index (χ3n) is 4.47. The molecule has 3 aliphatic rings. The highest BCUT2D eigenvalue weighted by Crippen LogP contribution is 2.17. The van der Waals surface area contributed by atoms with Crippen LogP contribution in [0, 0.1) is 0 Å². The number of piperazine rings is 1. The molecule has 0 saturated carbocycles. The molecule has 2 amide bonds. The fraction of sp³-hybridized carbons (Fsp3) is 0.857. The van der Waals surface area contributed by atoms with Crippen molar-refractivity contribution in [3.05, 3.63) is 0 Å². The number of nitrogens with zero attached hydrogens (tertiary/aromatic N) is 2. The van der Waals surface area contributed by atoms with Crippen molar-refractivity contribution in [2.24, 2.45) is 0 Å². The van der Waals surface area contributed by atoms with Gasteiger partial charge in [-0.1, -0.05) is 0 Å². The van der Waals surface area contributed by atoms with Gasteiger partial charge in [0.1, 0.15) is 6.10 Å². The van der Waals surface area contributed by atoms with E-state index in [1.807, 2.05) is 9.80 Å². The van der Waals surface area contributed by atoms with E-state index in [2.05, 4.69) is 5.32 Å². The number of amides is 2. The SMILES string of the molecule is Cl.O=C(C1CCCO1)N1CCN(C(=O)[C@@H]2CCCN2)CC1. The Kier molecular flexibility index (Phi) is 5.84. The van der Waals surface area contributed by atoms with Crippen molar-refractivity contribution in [1.29, 1.82) is 0 Å². The van der Waals surface area contributed by atoms with E-state index in [9.17, 15) is 9.59 Å². The number of rotatable bonds is 2. The van der Waals surface area contributed by atoms with Gasteiger partial charge < -0.3 is 19.9 Å². The van der Waals surface area contributed by atoms with Crippen LogP contribution >= 0.6 is 12.4 Å². The first kappa shape index (κ1) is 16.5. The lowest BCUT2D eigenvalue weighted by Crippen LogP contribution is -2.55. The molecule has 0 aromatic carbocycles. The minimum atomic E-state index is -0.242. The second-order valence-electron chi connectivity index (χ2n) is 5.80. The largest absolute Gasteiger partial charge is 0.368 e. The smallest absolute Gasteiger partial charge is 0.251 e. The van der Waals surface area contributed by atoms with Gasteiger partial charge in [-0.15, -0.1) is 12.4 Å². The first-order valence-electron chi connectivity index (χ1n) is 7.68. The first-order chi connectivity index (χ1) is 9.75. The van der Waals surface area contributed by atoms with Gasteiger partial charge in [0.2, 0.25) is 5.91 Å². The molecule has 3 aliphatic heterocycles. The highest BCUT2D eigenvalue weighted by Gasteiger charge is 2.33. The van der Waals surface area contributed by atoms with Gasteiger partial charge in [-0.2, -0.15) is 0 Å². The minimum Gasteiger partial charge on any atom is -0.368 e. The van der Waals surface area contributed by atoms with E-state index in [1.54, 1.807) is 0 Å². The Morgan fingerprint density at radius 3 is 2.14 bits per heavy atom. The zero-order valence-corrected chi connectivity index (χ0v) is 13.1. The third kappa shape index (κ3) is 3.67. The zero-order chi connectivity index (χ0) is 13.9. The van der Waals surface area contributed by atoms with Gasteiger partial charge in [0.25, 0.3) is 5.91 Å². The van der Waals surface area contributed by atoms with E-state index in [0.717, 1.165) is 32.2 Å². The Labute approximate surface area is 131 Å². The quantitative estimate of drug-likeness (QED) is 0.779. The number of carbonyl (C=O) groups excluding carboxylic acids is 2. The lowest BCUT2D eigenvalue weighted by molar-refractivity contribution is -0.146. The van der Waals surface area contributed by atoms with Crippen molar-refractivity contribution in [3.63, 3.8) is 0 Å². The number of carbonyl (C=O) groups is 2. The molecule has 0 aromatic heterocycles. The van der Waals surface area contributed by atoms with Crippen LogP contribution in [0.1, 0.15) is 25.7 Å². The van der Waals surface area contributed by atoms with Crippen LogP contribution in [-0.4, -0.2) is 73.1 Å². The Morgan fingerprint density at radius 1 is 0.952 bits per heavy atom. The van der Waals surface area contributed by atoms with Crippen LogP contribution < -0.4 is 5.32 Å². The minimum absolute atomic E-state index is 0. The molecular weight excluding hydrogens is 294 g/mol. The average molecular weight is 318 g/mol. The van der Waals surface area contributed by atoms with Crippen molar-refractivity contribution >= 4 is 24.2 Å². The first-order valence-corrected chi connectivity index (χ1v) is 7.68. The molecule has 3 rings (SSSR count). The standard InChI is InChI=1S/C14H23N3O3.ClH/c18-13(11-3-1-5-15-11)16-6-8-17(9-7-16)14(19)12-4-2-10-20-12;/h11-12,15H,1-10H2;1H/t11-,12?;/m0./s1. The van der Waals surface area contributed by atoms with Crippen molar-refractivity contribution in [2.45, 2.75) is 37.8 Å². The molecule has 1 unspecified atom stereocenters. The van der Waals surface area contributed by atoms with Gasteiger partial charge >= 0.3 is 0 Å². The van der Waals surface area contributed by atoms with Crippen molar-refractivity contribution < 1.29 is 14.3 Å². The average Bonchev–Trinajstić information content (AvgIpc) is 3.18. The fourth-order valence-corrected chi connectivity index (χ4v) is 3.24. The number of hydrogen-bond donors (Lipinski definition) is 1. The molecular formula is C14H24ClN3O3. The van der Waals surface area contributed by atoms with Crippen LogP contribution in [-0.2, 0) is 14.3 Å². The maximum atomic E-state index is 12.3. The van der Waals surface area contributed by atoms with Gasteiger partial charge in [-0.05, 0) is 32.2 Å². The predicted octanol–water partition coefficient (Wildman–Crippen LogP) is 0.0100. The summed E-state index contributed by atoms with van der Waals surface area (Å²) in [4.78, 5) is 28.2. The summed E-state index contributed by atoms with van der Waals surface area (Å²) >= 11 is 0. The summed E-state index contributed by atoms with van der Waals surface area (Å²) in [6, 6.07) is -0.00424. The summed E-state index contributed by atoms with van der Waals surface area (Å²) in [7, 11) is 0. The molecule has 2 atom stereocenters. The molecule has 21 heavy (non-hydrogen) atoms. The highest BCUT2D eigenvalue weighted by atomic mass is 35.5. The maximum Gasteiger partial charge on any atom is 0.251 e. The van der Waals surface area contributed by atoms with Crippen LogP contribution in [0.5, 0.6) is 0 Å². The Hall–Kier alpha value is -0.850. The number of hydrogen-bond acceptors (Lipinski definition) is 4. The van der Waals surface area contributed by atoms with Crippen molar-refractivity contribution in [3.8, 4) is 0 Å². The number of nitrogens with one attached hydrogen (secondary N) is 1. The van der Waals surface area contributed by atoms with Crippen LogP contribution in [0.15, 0.2) is 0 Å². The third-order valence-corrected chi connectivity index (χ3v) is 4.47. The van der Waals surface area contributed by atoms with Gasteiger partial charge in [0.15, 0.2) is 0 Å². The van der Waals surface area contributed by atoms with E-state index in [4.69, 9.17) is 4.74 Å².